The summed E-state index contributed by atoms with van der Waals surface area (Å²) in [6.07, 6.45) is 4.46. The molecule has 1 aliphatic heterocycles. The smallest absolute Gasteiger partial charge is 0.240 e. The minimum Gasteiger partial charge on any atom is -0.338 e. The van der Waals surface area contributed by atoms with Crippen molar-refractivity contribution in [1.82, 2.24) is 20.4 Å². The van der Waals surface area contributed by atoms with Crippen LogP contribution >= 0.6 is 0 Å². The number of hydrogen-bond donors (Lipinski definition) is 1. The molecule has 1 unspecified atom stereocenters. The van der Waals surface area contributed by atoms with Gasteiger partial charge >= 0.3 is 0 Å². The number of nitrogens with zero attached hydrogens (tertiary/aromatic N) is 3. The maximum Gasteiger partial charge on any atom is 0.240 e. The van der Waals surface area contributed by atoms with Gasteiger partial charge in [-0.1, -0.05) is 12.1 Å². The molecule has 0 aromatic carbocycles. The van der Waals surface area contributed by atoms with E-state index in [-0.39, 0.29) is 0 Å². The van der Waals surface area contributed by atoms with E-state index in [0.29, 0.717) is 6.04 Å². The summed E-state index contributed by atoms with van der Waals surface area (Å²) in [6, 6.07) is 0.599. The Balaban J connectivity index is 1.86. The van der Waals surface area contributed by atoms with Crippen molar-refractivity contribution in [3.8, 4) is 0 Å². The van der Waals surface area contributed by atoms with Crippen molar-refractivity contribution in [1.29, 1.82) is 0 Å². The van der Waals surface area contributed by atoms with Crippen LogP contribution in [-0.2, 0) is 13.0 Å². The molecule has 0 bridgehead atoms. The molecule has 0 amide bonds. The highest BCUT2D eigenvalue weighted by atomic mass is 16.5. The second-order valence-corrected chi connectivity index (χ2v) is 4.72. The van der Waals surface area contributed by atoms with Crippen molar-refractivity contribution >= 4 is 0 Å². The van der Waals surface area contributed by atoms with Crippen LogP contribution in [0, 0.1) is 0 Å². The Morgan fingerprint density at radius 1 is 1.53 bits per heavy atom. The zero-order valence-electron chi connectivity index (χ0n) is 10.8. The second kappa shape index (κ2) is 6.12. The van der Waals surface area contributed by atoms with Crippen molar-refractivity contribution in [2.24, 2.45) is 0 Å². The van der Waals surface area contributed by atoms with Crippen LogP contribution in [-0.4, -0.2) is 41.2 Å². The Bertz CT molecular complexity index is 339. The van der Waals surface area contributed by atoms with Gasteiger partial charge in [0.2, 0.25) is 5.89 Å². The fourth-order valence-electron chi connectivity index (χ4n) is 2.31. The molecule has 96 valence electrons. The molecule has 0 aliphatic carbocycles. The molecule has 1 aromatic rings. The van der Waals surface area contributed by atoms with E-state index in [2.05, 4.69) is 27.3 Å². The first kappa shape index (κ1) is 12.5. The van der Waals surface area contributed by atoms with E-state index in [1.54, 1.807) is 0 Å². The third-order valence-corrected chi connectivity index (χ3v) is 3.26. The van der Waals surface area contributed by atoms with E-state index in [0.717, 1.165) is 44.2 Å². The van der Waals surface area contributed by atoms with Gasteiger partial charge in [0.15, 0.2) is 5.82 Å². The van der Waals surface area contributed by atoms with Crippen molar-refractivity contribution in [2.45, 2.75) is 45.2 Å². The van der Waals surface area contributed by atoms with Crippen LogP contribution in [0.3, 0.4) is 0 Å². The Morgan fingerprint density at radius 3 is 3.18 bits per heavy atom. The molecule has 1 fully saturated rings. The van der Waals surface area contributed by atoms with Crippen LogP contribution in [0.25, 0.3) is 0 Å². The standard InChI is InChI=1S/C12H22N4O/c1-3-5-11-14-12(17-15-11)9-16-7-4-6-10(8-16)13-2/h10,13H,3-9H2,1-2H3. The Kier molecular flexibility index (Phi) is 4.50. The third kappa shape index (κ3) is 3.51. The molecule has 1 N–H and O–H groups in total. The maximum absolute atomic E-state index is 5.27. The van der Waals surface area contributed by atoms with E-state index in [9.17, 15) is 0 Å². The number of nitrogens with one attached hydrogen (secondary N) is 1. The van der Waals surface area contributed by atoms with Crippen LogP contribution in [0.1, 0.15) is 37.9 Å². The largest absolute Gasteiger partial charge is 0.338 e. The van der Waals surface area contributed by atoms with Crippen molar-refractivity contribution in [3.63, 3.8) is 0 Å². The van der Waals surface area contributed by atoms with Gasteiger partial charge < -0.3 is 9.84 Å². The molecule has 1 atom stereocenters. The van der Waals surface area contributed by atoms with Gasteiger partial charge in [0.05, 0.1) is 6.54 Å². The van der Waals surface area contributed by atoms with Crippen LogP contribution in [0.4, 0.5) is 0 Å². The molecule has 1 saturated heterocycles. The summed E-state index contributed by atoms with van der Waals surface area (Å²) >= 11 is 0. The molecule has 0 spiro atoms. The summed E-state index contributed by atoms with van der Waals surface area (Å²) in [5.41, 5.74) is 0. The molecule has 5 nitrogen and oxygen atoms in total. The fraction of sp³-hybridized carbons (Fsp3) is 0.833. The number of rotatable bonds is 5. The maximum atomic E-state index is 5.27. The van der Waals surface area contributed by atoms with Gasteiger partial charge in [-0.05, 0) is 32.9 Å². The zero-order valence-corrected chi connectivity index (χ0v) is 10.8. The van der Waals surface area contributed by atoms with Crippen LogP contribution < -0.4 is 5.32 Å². The summed E-state index contributed by atoms with van der Waals surface area (Å²) in [4.78, 5) is 6.79. The summed E-state index contributed by atoms with van der Waals surface area (Å²) in [5, 5.41) is 7.32. The molecule has 1 aliphatic rings. The van der Waals surface area contributed by atoms with Gasteiger partial charge in [-0.15, -0.1) is 0 Å². The number of aryl methyl sites for hydroxylation is 1. The van der Waals surface area contributed by atoms with Crippen molar-refractivity contribution in [2.75, 3.05) is 20.1 Å². The summed E-state index contributed by atoms with van der Waals surface area (Å²) in [6.45, 7) is 5.11. The third-order valence-electron chi connectivity index (χ3n) is 3.26. The quantitative estimate of drug-likeness (QED) is 0.835. The number of likely N-dealkylation sites (tertiary alicyclic amines) is 1. The first-order chi connectivity index (χ1) is 8.31. The Hall–Kier alpha value is -0.940. The van der Waals surface area contributed by atoms with Crippen molar-refractivity contribution in [3.05, 3.63) is 11.7 Å². The van der Waals surface area contributed by atoms with E-state index >= 15 is 0 Å². The molecule has 17 heavy (non-hydrogen) atoms. The number of likely N-dealkylation sites (N-methyl/N-ethyl adjacent to an activating group) is 1. The number of aromatic nitrogens is 2. The highest BCUT2D eigenvalue weighted by Gasteiger charge is 2.20. The summed E-state index contributed by atoms with van der Waals surface area (Å²) < 4.78 is 5.27. The van der Waals surface area contributed by atoms with Gasteiger partial charge in [-0.2, -0.15) is 4.98 Å². The van der Waals surface area contributed by atoms with E-state index < -0.39 is 0 Å². The first-order valence-corrected chi connectivity index (χ1v) is 6.53. The minimum atomic E-state index is 0.599. The first-order valence-electron chi connectivity index (χ1n) is 6.53. The normalized spacial score (nSPS) is 21.9. The van der Waals surface area contributed by atoms with Gasteiger partial charge in [0, 0.05) is 19.0 Å². The minimum absolute atomic E-state index is 0.599. The molecule has 1 aromatic heterocycles. The lowest BCUT2D eigenvalue weighted by Gasteiger charge is -2.31. The summed E-state index contributed by atoms with van der Waals surface area (Å²) in [7, 11) is 2.03. The molecular weight excluding hydrogens is 216 g/mol. The average Bonchev–Trinajstić information content (AvgIpc) is 2.77. The fourth-order valence-corrected chi connectivity index (χ4v) is 2.31. The van der Waals surface area contributed by atoms with Crippen LogP contribution in [0.5, 0.6) is 0 Å². The van der Waals surface area contributed by atoms with Gasteiger partial charge in [-0.25, -0.2) is 0 Å². The molecule has 5 heteroatoms. The lowest BCUT2D eigenvalue weighted by molar-refractivity contribution is 0.167. The van der Waals surface area contributed by atoms with Crippen LogP contribution in [0.15, 0.2) is 4.52 Å². The van der Waals surface area contributed by atoms with E-state index in [1.807, 2.05) is 7.05 Å². The molecule has 2 rings (SSSR count). The monoisotopic (exact) mass is 238 g/mol. The van der Waals surface area contributed by atoms with E-state index in [4.69, 9.17) is 4.52 Å². The predicted molar refractivity (Wildman–Crippen MR) is 65.7 cm³/mol. The van der Waals surface area contributed by atoms with Crippen molar-refractivity contribution < 1.29 is 4.52 Å². The summed E-state index contributed by atoms with van der Waals surface area (Å²) in [5.74, 6) is 1.59. The average molecular weight is 238 g/mol. The van der Waals surface area contributed by atoms with Gasteiger partial charge in [0.25, 0.3) is 0 Å². The molecule has 0 radical (unpaired) electrons. The molecular formula is C12H22N4O. The SMILES string of the molecule is CCCc1noc(CN2CCCC(NC)C2)n1. The predicted octanol–water partition coefficient (Wildman–Crippen LogP) is 1.21. The Labute approximate surface area is 103 Å². The van der Waals surface area contributed by atoms with Gasteiger partial charge in [0.1, 0.15) is 0 Å². The Morgan fingerprint density at radius 2 is 2.41 bits per heavy atom. The van der Waals surface area contributed by atoms with E-state index in [1.165, 1.54) is 12.8 Å². The molecule has 2 heterocycles. The number of piperidine rings is 1. The second-order valence-electron chi connectivity index (χ2n) is 4.72. The van der Waals surface area contributed by atoms with Gasteiger partial charge in [-0.3, -0.25) is 4.90 Å². The lowest BCUT2D eigenvalue weighted by Crippen LogP contribution is -2.43. The topological polar surface area (TPSA) is 54.2 Å². The number of hydrogen-bond acceptors (Lipinski definition) is 5. The lowest BCUT2D eigenvalue weighted by atomic mass is 10.1. The highest BCUT2D eigenvalue weighted by molar-refractivity contribution is 4.88. The zero-order chi connectivity index (χ0) is 12.1. The highest BCUT2D eigenvalue weighted by Crippen LogP contribution is 2.12. The van der Waals surface area contributed by atoms with Crippen LogP contribution in [0.2, 0.25) is 0 Å². The molecule has 0 saturated carbocycles.